The highest BCUT2D eigenvalue weighted by molar-refractivity contribution is 6.30. The van der Waals surface area contributed by atoms with E-state index in [9.17, 15) is 13.9 Å². The van der Waals surface area contributed by atoms with Gasteiger partial charge in [-0.25, -0.2) is 4.39 Å². The third kappa shape index (κ3) is 1.99. The molecule has 1 aliphatic rings. The lowest BCUT2D eigenvalue weighted by molar-refractivity contribution is 0.149. The first-order valence-electron chi connectivity index (χ1n) is 4.89. The monoisotopic (exact) mass is 248 g/mol. The van der Waals surface area contributed by atoms with Crippen LogP contribution in [0, 0.1) is 11.6 Å². The first-order chi connectivity index (χ1) is 7.47. The molecule has 88 valence electrons. The average Bonchev–Trinajstić information content (AvgIpc) is 2.93. The summed E-state index contributed by atoms with van der Waals surface area (Å²) in [5, 5.41) is 9.44. The zero-order valence-corrected chi connectivity index (χ0v) is 9.44. The van der Waals surface area contributed by atoms with Gasteiger partial charge in [0.15, 0.2) is 11.6 Å². The molecule has 1 N–H and O–H groups in total. The molecule has 1 saturated carbocycles. The van der Waals surface area contributed by atoms with Gasteiger partial charge in [-0.2, -0.15) is 4.39 Å². The molecule has 0 spiro atoms. The van der Waals surface area contributed by atoms with Crippen LogP contribution >= 0.6 is 11.6 Å². The lowest BCUT2D eigenvalue weighted by Gasteiger charge is -2.13. The van der Waals surface area contributed by atoms with Gasteiger partial charge in [-0.05, 0) is 18.9 Å². The quantitative estimate of drug-likeness (QED) is 0.834. The molecule has 0 heterocycles. The fraction of sp³-hybridized carbons (Fsp3) is 0.455. The van der Waals surface area contributed by atoms with Crippen molar-refractivity contribution in [1.29, 1.82) is 0 Å². The van der Waals surface area contributed by atoms with E-state index in [0.29, 0.717) is 18.4 Å². The van der Waals surface area contributed by atoms with Crippen molar-refractivity contribution in [3.8, 4) is 5.75 Å². The van der Waals surface area contributed by atoms with Gasteiger partial charge in [-0.3, -0.25) is 0 Å². The van der Waals surface area contributed by atoms with E-state index in [0.717, 1.165) is 0 Å². The molecular weight excluding hydrogens is 238 g/mol. The van der Waals surface area contributed by atoms with E-state index in [-0.39, 0.29) is 17.2 Å². The van der Waals surface area contributed by atoms with Crippen molar-refractivity contribution in [2.24, 2.45) is 0 Å². The minimum atomic E-state index is -1.12. The number of rotatable bonds is 3. The molecule has 0 unspecified atom stereocenters. The molecule has 5 heteroatoms. The molecular formula is C11H11ClF2O2. The summed E-state index contributed by atoms with van der Waals surface area (Å²) >= 11 is 5.55. The maximum Gasteiger partial charge on any atom is 0.202 e. The second-order valence-corrected chi connectivity index (χ2v) is 4.49. The van der Waals surface area contributed by atoms with Crippen molar-refractivity contribution < 1.29 is 18.6 Å². The summed E-state index contributed by atoms with van der Waals surface area (Å²) in [7, 11) is 1.26. The highest BCUT2D eigenvalue weighted by Crippen LogP contribution is 2.41. The molecule has 1 fully saturated rings. The normalized spacial score (nSPS) is 17.3. The molecule has 0 bridgehead atoms. The Morgan fingerprint density at radius 2 is 2.06 bits per heavy atom. The van der Waals surface area contributed by atoms with Crippen LogP contribution in [0.5, 0.6) is 5.75 Å². The number of hydrogen-bond donors (Lipinski definition) is 1. The van der Waals surface area contributed by atoms with Crippen molar-refractivity contribution in [3.63, 3.8) is 0 Å². The number of ether oxygens (including phenoxy) is 1. The SMILES string of the molecule is COc1c(CC2(O)CC2)cc(Cl)c(F)c1F. The summed E-state index contributed by atoms with van der Waals surface area (Å²) in [4.78, 5) is 0. The van der Waals surface area contributed by atoms with Crippen LogP contribution in [0.1, 0.15) is 18.4 Å². The molecule has 1 aromatic carbocycles. The molecule has 0 aromatic heterocycles. The predicted molar refractivity (Wildman–Crippen MR) is 55.8 cm³/mol. The molecule has 0 radical (unpaired) electrons. The van der Waals surface area contributed by atoms with E-state index in [2.05, 4.69) is 0 Å². The van der Waals surface area contributed by atoms with Crippen LogP contribution in [0.25, 0.3) is 0 Å². The minimum absolute atomic E-state index is 0.178. The van der Waals surface area contributed by atoms with Gasteiger partial charge in [0.2, 0.25) is 5.82 Å². The van der Waals surface area contributed by atoms with E-state index < -0.39 is 17.2 Å². The van der Waals surface area contributed by atoms with Crippen LogP contribution in [0.2, 0.25) is 5.02 Å². The topological polar surface area (TPSA) is 29.5 Å². The third-order valence-corrected chi connectivity index (χ3v) is 3.02. The fourth-order valence-corrected chi connectivity index (χ4v) is 1.87. The Labute approximate surface area is 96.8 Å². The molecule has 16 heavy (non-hydrogen) atoms. The number of methoxy groups -OCH3 is 1. The standard InChI is InChI=1S/C11H11ClF2O2/c1-16-10-6(5-11(15)2-3-11)4-7(12)8(13)9(10)14/h4,15H,2-3,5H2,1H3. The maximum absolute atomic E-state index is 13.5. The molecule has 0 amide bonds. The second-order valence-electron chi connectivity index (χ2n) is 4.08. The van der Waals surface area contributed by atoms with E-state index in [1.807, 2.05) is 0 Å². The Morgan fingerprint density at radius 3 is 2.56 bits per heavy atom. The lowest BCUT2D eigenvalue weighted by atomic mass is 10.0. The highest BCUT2D eigenvalue weighted by Gasteiger charge is 2.41. The van der Waals surface area contributed by atoms with E-state index >= 15 is 0 Å². The van der Waals surface area contributed by atoms with Crippen molar-refractivity contribution in [2.45, 2.75) is 24.9 Å². The van der Waals surface area contributed by atoms with Gasteiger partial charge in [0.25, 0.3) is 0 Å². The smallest absolute Gasteiger partial charge is 0.202 e. The Hall–Kier alpha value is -0.870. The van der Waals surface area contributed by atoms with Crippen molar-refractivity contribution >= 4 is 11.6 Å². The van der Waals surface area contributed by atoms with E-state index in [4.69, 9.17) is 16.3 Å². The lowest BCUT2D eigenvalue weighted by Crippen LogP contribution is -2.12. The van der Waals surface area contributed by atoms with Gasteiger partial charge in [0.1, 0.15) is 0 Å². The zero-order chi connectivity index (χ0) is 11.9. The minimum Gasteiger partial charge on any atom is -0.493 e. The van der Waals surface area contributed by atoms with Crippen LogP contribution in [-0.2, 0) is 6.42 Å². The highest BCUT2D eigenvalue weighted by atomic mass is 35.5. The molecule has 1 aromatic rings. The number of aliphatic hydroxyl groups is 1. The molecule has 2 rings (SSSR count). The van der Waals surface area contributed by atoms with Crippen molar-refractivity contribution in [2.75, 3.05) is 7.11 Å². The zero-order valence-electron chi connectivity index (χ0n) is 8.69. The summed E-state index contributed by atoms with van der Waals surface area (Å²) < 4.78 is 31.4. The Morgan fingerprint density at radius 1 is 1.44 bits per heavy atom. The van der Waals surface area contributed by atoms with Crippen LogP contribution in [0.3, 0.4) is 0 Å². The molecule has 0 atom stereocenters. The van der Waals surface area contributed by atoms with Crippen molar-refractivity contribution in [1.82, 2.24) is 0 Å². The predicted octanol–water partition coefficient (Wildman–Crippen LogP) is 2.69. The number of hydrogen-bond acceptors (Lipinski definition) is 2. The first kappa shape index (κ1) is 11.6. The summed E-state index contributed by atoms with van der Waals surface area (Å²) in [5.41, 5.74) is -0.410. The van der Waals surface area contributed by atoms with E-state index in [1.54, 1.807) is 0 Å². The molecule has 1 aliphatic carbocycles. The van der Waals surface area contributed by atoms with Gasteiger partial charge < -0.3 is 9.84 Å². The van der Waals surface area contributed by atoms with Gasteiger partial charge in [-0.1, -0.05) is 11.6 Å². The van der Waals surface area contributed by atoms with Gasteiger partial charge in [0.05, 0.1) is 17.7 Å². The summed E-state index contributed by atoms with van der Waals surface area (Å²) in [6, 6.07) is 1.30. The largest absolute Gasteiger partial charge is 0.493 e. The summed E-state index contributed by atoms with van der Waals surface area (Å²) in [5.74, 6) is -2.40. The van der Waals surface area contributed by atoms with Crippen LogP contribution < -0.4 is 4.74 Å². The number of halogens is 3. The molecule has 0 aliphatic heterocycles. The number of benzene rings is 1. The first-order valence-corrected chi connectivity index (χ1v) is 5.27. The maximum atomic E-state index is 13.5. The average molecular weight is 249 g/mol. The Kier molecular flexibility index (Phi) is 2.80. The second kappa shape index (κ2) is 3.86. The van der Waals surface area contributed by atoms with Crippen LogP contribution in [0.4, 0.5) is 8.78 Å². The van der Waals surface area contributed by atoms with Gasteiger partial charge in [0, 0.05) is 12.0 Å². The fourth-order valence-electron chi connectivity index (χ4n) is 1.65. The van der Waals surface area contributed by atoms with Gasteiger partial charge >= 0.3 is 0 Å². The Balaban J connectivity index is 2.43. The van der Waals surface area contributed by atoms with E-state index in [1.165, 1.54) is 13.2 Å². The molecule has 0 saturated heterocycles. The summed E-state index contributed by atoms with van der Waals surface area (Å²) in [6.07, 6.45) is 1.55. The van der Waals surface area contributed by atoms with Crippen molar-refractivity contribution in [3.05, 3.63) is 28.3 Å². The van der Waals surface area contributed by atoms with Crippen LogP contribution in [0.15, 0.2) is 6.07 Å². The van der Waals surface area contributed by atoms with Crippen LogP contribution in [-0.4, -0.2) is 17.8 Å². The molecule has 2 nitrogen and oxygen atoms in total. The Bertz CT molecular complexity index is 430. The summed E-state index contributed by atoms with van der Waals surface area (Å²) in [6.45, 7) is 0. The third-order valence-electron chi connectivity index (χ3n) is 2.75. The van der Waals surface area contributed by atoms with Gasteiger partial charge in [-0.15, -0.1) is 0 Å².